The molecule has 19 heavy (non-hydrogen) atoms. The minimum Gasteiger partial charge on any atom is -0.488 e. The van der Waals surface area contributed by atoms with Crippen LogP contribution < -0.4 is 4.74 Å². The average molecular weight is 281 g/mol. The molecule has 0 aliphatic carbocycles. The lowest BCUT2D eigenvalue weighted by Crippen LogP contribution is -2.02. The summed E-state index contributed by atoms with van der Waals surface area (Å²) in [5.74, 6) is 0.0653. The highest BCUT2D eigenvalue weighted by atomic mass is 35.5. The highest BCUT2D eigenvalue weighted by molar-refractivity contribution is 6.30. The minimum absolute atomic E-state index is 0.0656. The first kappa shape index (κ1) is 13.8. The summed E-state index contributed by atoms with van der Waals surface area (Å²) < 4.78 is 19.3. The fourth-order valence-electron chi connectivity index (χ4n) is 1.77. The summed E-state index contributed by atoms with van der Waals surface area (Å²) in [4.78, 5) is 0. The molecule has 2 aromatic rings. The summed E-state index contributed by atoms with van der Waals surface area (Å²) in [5.41, 5.74) is 1.05. The van der Waals surface area contributed by atoms with Gasteiger partial charge in [-0.25, -0.2) is 4.39 Å². The third-order valence-electron chi connectivity index (χ3n) is 2.78. The summed E-state index contributed by atoms with van der Waals surface area (Å²) in [6.45, 7) is 1.72. The van der Waals surface area contributed by atoms with Crippen molar-refractivity contribution in [3.05, 3.63) is 64.4 Å². The maximum atomic E-state index is 13.7. The highest BCUT2D eigenvalue weighted by Crippen LogP contribution is 2.26. The van der Waals surface area contributed by atoms with Gasteiger partial charge in [-0.1, -0.05) is 41.9 Å². The molecular formula is C15H14ClFO2. The standard InChI is InChI=1S/C15H14ClFO2/c1-10(18)12-6-2-3-8-14(12)19-9-11-5-4-7-13(16)15(11)17/h2-8,10,18H,9H2,1H3/t10-/m0/s1. The number of benzene rings is 2. The summed E-state index contributed by atoms with van der Waals surface area (Å²) in [7, 11) is 0. The molecule has 2 aromatic carbocycles. The van der Waals surface area contributed by atoms with Crippen LogP contribution in [0.4, 0.5) is 4.39 Å². The normalized spacial score (nSPS) is 12.2. The second kappa shape index (κ2) is 6.04. The monoisotopic (exact) mass is 280 g/mol. The van der Waals surface area contributed by atoms with Crippen LogP contribution in [0.2, 0.25) is 5.02 Å². The number of aliphatic hydroxyl groups is 1. The van der Waals surface area contributed by atoms with Gasteiger partial charge in [-0.05, 0) is 19.1 Å². The predicted octanol–water partition coefficient (Wildman–Crippen LogP) is 4.11. The second-order valence-electron chi connectivity index (χ2n) is 4.22. The van der Waals surface area contributed by atoms with Gasteiger partial charge in [-0.2, -0.15) is 0 Å². The lowest BCUT2D eigenvalue weighted by molar-refractivity contribution is 0.190. The molecule has 0 aliphatic heterocycles. The molecule has 0 bridgehead atoms. The zero-order valence-electron chi connectivity index (χ0n) is 10.4. The maximum absolute atomic E-state index is 13.7. The van der Waals surface area contributed by atoms with Gasteiger partial charge in [0.1, 0.15) is 18.2 Å². The van der Waals surface area contributed by atoms with Gasteiger partial charge in [0.05, 0.1) is 11.1 Å². The molecule has 0 spiro atoms. The van der Waals surface area contributed by atoms with Crippen molar-refractivity contribution in [2.75, 3.05) is 0 Å². The molecule has 100 valence electrons. The Bertz CT molecular complexity index is 570. The van der Waals surface area contributed by atoms with Crippen LogP contribution in [0.25, 0.3) is 0 Å². The molecule has 0 unspecified atom stereocenters. The van der Waals surface area contributed by atoms with Crippen LogP contribution in [-0.4, -0.2) is 5.11 Å². The van der Waals surface area contributed by atoms with E-state index in [0.717, 1.165) is 0 Å². The van der Waals surface area contributed by atoms with Gasteiger partial charge in [0.2, 0.25) is 0 Å². The highest BCUT2D eigenvalue weighted by Gasteiger charge is 2.10. The average Bonchev–Trinajstić information content (AvgIpc) is 2.40. The molecule has 0 radical (unpaired) electrons. The first-order chi connectivity index (χ1) is 9.09. The van der Waals surface area contributed by atoms with Crippen LogP contribution in [0, 0.1) is 5.82 Å². The van der Waals surface area contributed by atoms with Crippen molar-refractivity contribution < 1.29 is 14.2 Å². The van der Waals surface area contributed by atoms with Crippen molar-refractivity contribution in [1.82, 2.24) is 0 Å². The molecule has 4 heteroatoms. The van der Waals surface area contributed by atoms with Gasteiger partial charge in [0.25, 0.3) is 0 Å². The van der Waals surface area contributed by atoms with E-state index in [1.54, 1.807) is 37.3 Å². The Morgan fingerprint density at radius 3 is 2.68 bits per heavy atom. The third-order valence-corrected chi connectivity index (χ3v) is 3.08. The lowest BCUT2D eigenvalue weighted by atomic mass is 10.1. The zero-order chi connectivity index (χ0) is 13.8. The number of hydrogen-bond donors (Lipinski definition) is 1. The van der Waals surface area contributed by atoms with E-state index >= 15 is 0 Å². The number of para-hydroxylation sites is 1. The summed E-state index contributed by atoms with van der Waals surface area (Å²) in [5, 5.41) is 9.70. The summed E-state index contributed by atoms with van der Waals surface area (Å²) in [6.07, 6.45) is -0.639. The van der Waals surface area contributed by atoms with Crippen LogP contribution in [0.5, 0.6) is 5.75 Å². The molecule has 0 fully saturated rings. The van der Waals surface area contributed by atoms with Crippen molar-refractivity contribution in [2.24, 2.45) is 0 Å². The Kier molecular flexibility index (Phi) is 4.40. The molecule has 0 aromatic heterocycles. The van der Waals surface area contributed by atoms with Crippen molar-refractivity contribution in [1.29, 1.82) is 0 Å². The first-order valence-electron chi connectivity index (χ1n) is 5.92. The molecular weight excluding hydrogens is 267 g/mol. The van der Waals surface area contributed by atoms with Gasteiger partial charge in [0.15, 0.2) is 0 Å². The van der Waals surface area contributed by atoms with Gasteiger partial charge >= 0.3 is 0 Å². The fraction of sp³-hybridized carbons (Fsp3) is 0.200. The number of halogens is 2. The Hall–Kier alpha value is -1.58. The van der Waals surface area contributed by atoms with Gasteiger partial charge in [-0.15, -0.1) is 0 Å². The number of ether oxygens (including phenoxy) is 1. The molecule has 0 aliphatic rings. The first-order valence-corrected chi connectivity index (χ1v) is 6.30. The number of rotatable bonds is 4. The summed E-state index contributed by atoms with van der Waals surface area (Å²) >= 11 is 5.71. The van der Waals surface area contributed by atoms with Crippen LogP contribution >= 0.6 is 11.6 Å². The van der Waals surface area contributed by atoms with E-state index in [0.29, 0.717) is 16.9 Å². The minimum atomic E-state index is -0.639. The maximum Gasteiger partial charge on any atom is 0.148 e. The quantitative estimate of drug-likeness (QED) is 0.913. The number of hydrogen-bond acceptors (Lipinski definition) is 2. The van der Waals surface area contributed by atoms with E-state index < -0.39 is 11.9 Å². The Morgan fingerprint density at radius 1 is 1.21 bits per heavy atom. The Morgan fingerprint density at radius 2 is 1.95 bits per heavy atom. The number of aliphatic hydroxyl groups excluding tert-OH is 1. The Balaban J connectivity index is 2.17. The van der Waals surface area contributed by atoms with E-state index in [4.69, 9.17) is 16.3 Å². The van der Waals surface area contributed by atoms with Gasteiger partial charge in [-0.3, -0.25) is 0 Å². The van der Waals surface area contributed by atoms with Gasteiger partial charge in [0, 0.05) is 11.1 Å². The van der Waals surface area contributed by atoms with Crippen molar-refractivity contribution in [2.45, 2.75) is 19.6 Å². The Labute approximate surface area is 116 Å². The zero-order valence-corrected chi connectivity index (χ0v) is 11.2. The molecule has 2 nitrogen and oxygen atoms in total. The lowest BCUT2D eigenvalue weighted by Gasteiger charge is -2.13. The van der Waals surface area contributed by atoms with Crippen LogP contribution in [0.1, 0.15) is 24.2 Å². The topological polar surface area (TPSA) is 29.5 Å². The molecule has 0 heterocycles. The molecule has 0 saturated heterocycles. The van der Waals surface area contributed by atoms with E-state index in [2.05, 4.69) is 0 Å². The summed E-state index contributed by atoms with van der Waals surface area (Å²) in [6, 6.07) is 11.9. The van der Waals surface area contributed by atoms with Crippen LogP contribution in [0.3, 0.4) is 0 Å². The smallest absolute Gasteiger partial charge is 0.148 e. The van der Waals surface area contributed by atoms with Crippen LogP contribution in [0.15, 0.2) is 42.5 Å². The van der Waals surface area contributed by atoms with E-state index in [-0.39, 0.29) is 11.6 Å². The van der Waals surface area contributed by atoms with Crippen molar-refractivity contribution in [3.8, 4) is 5.75 Å². The van der Waals surface area contributed by atoms with Crippen LogP contribution in [-0.2, 0) is 6.61 Å². The molecule has 2 rings (SSSR count). The molecule has 0 amide bonds. The van der Waals surface area contributed by atoms with Crippen molar-refractivity contribution in [3.63, 3.8) is 0 Å². The third kappa shape index (κ3) is 3.25. The van der Waals surface area contributed by atoms with Crippen molar-refractivity contribution >= 4 is 11.6 Å². The van der Waals surface area contributed by atoms with Gasteiger partial charge < -0.3 is 9.84 Å². The molecule has 0 saturated carbocycles. The van der Waals surface area contributed by atoms with E-state index in [1.807, 2.05) is 6.07 Å². The molecule has 1 atom stereocenters. The second-order valence-corrected chi connectivity index (χ2v) is 4.62. The molecule has 1 N–H and O–H groups in total. The SMILES string of the molecule is C[C@H](O)c1ccccc1OCc1cccc(Cl)c1F. The largest absolute Gasteiger partial charge is 0.488 e. The predicted molar refractivity (Wildman–Crippen MR) is 72.8 cm³/mol. The fourth-order valence-corrected chi connectivity index (χ4v) is 1.97. The van der Waals surface area contributed by atoms with E-state index in [9.17, 15) is 9.50 Å². The van der Waals surface area contributed by atoms with E-state index in [1.165, 1.54) is 6.07 Å².